The van der Waals surface area contributed by atoms with Crippen molar-refractivity contribution < 1.29 is 9.53 Å². The third kappa shape index (κ3) is 5.02. The fraction of sp³-hybridized carbons (Fsp3) is 0.400. The lowest BCUT2D eigenvalue weighted by Gasteiger charge is -2.19. The first-order valence-electron chi connectivity index (χ1n) is 6.27. The van der Waals surface area contributed by atoms with Gasteiger partial charge in [-0.25, -0.2) is 0 Å². The van der Waals surface area contributed by atoms with Crippen LogP contribution in [0.5, 0.6) is 5.75 Å². The zero-order chi connectivity index (χ0) is 14.1. The number of nitrogens with one attached hydrogen (secondary N) is 1. The van der Waals surface area contributed by atoms with Gasteiger partial charge in [0.1, 0.15) is 5.75 Å². The lowest BCUT2D eigenvalue weighted by molar-refractivity contribution is -0.129. The number of carbonyl (C=O) groups is 1. The summed E-state index contributed by atoms with van der Waals surface area (Å²) in [6.07, 6.45) is 5.11. The van der Waals surface area contributed by atoms with Gasteiger partial charge in [0.15, 0.2) is 0 Å². The number of carbonyl (C=O) groups excluding carboxylic acids is 1. The summed E-state index contributed by atoms with van der Waals surface area (Å²) in [5.41, 5.74) is 0.997. The number of ether oxygens (including phenoxy) is 1. The highest BCUT2D eigenvalue weighted by atomic mass is 16.5. The molecular weight excluding hydrogens is 240 g/mol. The normalized spacial score (nSPS) is 9.74. The summed E-state index contributed by atoms with van der Waals surface area (Å²) >= 11 is 0. The van der Waals surface area contributed by atoms with E-state index in [2.05, 4.69) is 11.2 Å². The van der Waals surface area contributed by atoms with Gasteiger partial charge in [0.05, 0.1) is 19.7 Å². The molecule has 0 saturated carbocycles. The van der Waals surface area contributed by atoms with E-state index < -0.39 is 0 Å². The van der Waals surface area contributed by atoms with Gasteiger partial charge < -0.3 is 9.64 Å². The van der Waals surface area contributed by atoms with Crippen molar-refractivity contribution in [3.8, 4) is 18.1 Å². The molecule has 0 radical (unpaired) electrons. The lowest BCUT2D eigenvalue weighted by Crippen LogP contribution is -2.35. The number of para-hydroxylation sites is 1. The second-order valence-electron chi connectivity index (χ2n) is 4.10. The first-order valence-corrected chi connectivity index (χ1v) is 6.27. The molecule has 0 atom stereocenters. The topological polar surface area (TPSA) is 41.6 Å². The van der Waals surface area contributed by atoms with E-state index in [-0.39, 0.29) is 12.5 Å². The molecule has 1 amide bonds. The molecular formula is C15H20N2O2. The Morgan fingerprint density at radius 1 is 1.47 bits per heavy atom. The summed E-state index contributed by atoms with van der Waals surface area (Å²) in [5, 5.41) is 2.88. The van der Waals surface area contributed by atoms with Crippen molar-refractivity contribution in [2.24, 2.45) is 0 Å². The molecule has 1 N–H and O–H groups in total. The highest BCUT2D eigenvalue weighted by molar-refractivity contribution is 5.78. The first kappa shape index (κ1) is 15.1. The molecule has 0 aromatic heterocycles. The van der Waals surface area contributed by atoms with Crippen molar-refractivity contribution >= 4 is 5.91 Å². The molecule has 4 nitrogen and oxygen atoms in total. The average Bonchev–Trinajstić information content (AvgIpc) is 2.41. The molecule has 1 aromatic rings. The van der Waals surface area contributed by atoms with Gasteiger partial charge in [0.2, 0.25) is 5.91 Å². The Bertz CT molecular complexity index is 452. The minimum atomic E-state index is 0.00144. The molecule has 1 rings (SSSR count). The van der Waals surface area contributed by atoms with E-state index in [9.17, 15) is 4.79 Å². The maximum atomic E-state index is 11.8. The van der Waals surface area contributed by atoms with E-state index in [0.29, 0.717) is 19.7 Å². The third-order valence-corrected chi connectivity index (χ3v) is 2.61. The molecule has 0 spiro atoms. The van der Waals surface area contributed by atoms with Crippen LogP contribution in [0.3, 0.4) is 0 Å². The molecule has 0 aliphatic carbocycles. The average molecular weight is 260 g/mol. The van der Waals surface area contributed by atoms with Gasteiger partial charge >= 0.3 is 0 Å². The van der Waals surface area contributed by atoms with Crippen molar-refractivity contribution in [2.45, 2.75) is 13.5 Å². The highest BCUT2D eigenvalue weighted by Crippen LogP contribution is 2.19. The van der Waals surface area contributed by atoms with E-state index in [1.54, 1.807) is 11.9 Å². The lowest BCUT2D eigenvalue weighted by atomic mass is 10.2. The van der Waals surface area contributed by atoms with Crippen LogP contribution in [0.4, 0.5) is 0 Å². The maximum absolute atomic E-state index is 11.8. The van der Waals surface area contributed by atoms with Crippen LogP contribution in [-0.4, -0.2) is 37.6 Å². The van der Waals surface area contributed by atoms with Gasteiger partial charge in [0.25, 0.3) is 0 Å². The maximum Gasteiger partial charge on any atom is 0.236 e. The van der Waals surface area contributed by atoms with E-state index >= 15 is 0 Å². The van der Waals surface area contributed by atoms with Crippen LogP contribution in [-0.2, 0) is 11.3 Å². The molecule has 0 bridgehead atoms. The Morgan fingerprint density at radius 3 is 2.89 bits per heavy atom. The van der Waals surface area contributed by atoms with Crippen molar-refractivity contribution in [3.05, 3.63) is 29.8 Å². The molecule has 4 heteroatoms. The smallest absolute Gasteiger partial charge is 0.236 e. The van der Waals surface area contributed by atoms with E-state index in [1.165, 1.54) is 0 Å². The standard InChI is InChI=1S/C15H20N2O2/c1-4-10-16-11-15(18)17(3)12-13-8-6-7-9-14(13)19-5-2/h1,6-9,16H,5,10-12H2,2-3H3. The van der Waals surface area contributed by atoms with Gasteiger partial charge in [-0.05, 0) is 13.0 Å². The van der Waals surface area contributed by atoms with Crippen molar-refractivity contribution in [1.82, 2.24) is 10.2 Å². The predicted octanol–water partition coefficient (Wildman–Crippen LogP) is 1.27. The molecule has 1 aromatic carbocycles. The summed E-state index contributed by atoms with van der Waals surface area (Å²) in [7, 11) is 1.77. The predicted molar refractivity (Wildman–Crippen MR) is 75.8 cm³/mol. The van der Waals surface area contributed by atoms with Gasteiger partial charge in [-0.1, -0.05) is 24.1 Å². The van der Waals surface area contributed by atoms with Crippen LogP contribution in [0.25, 0.3) is 0 Å². The van der Waals surface area contributed by atoms with Gasteiger partial charge in [-0.3, -0.25) is 10.1 Å². The van der Waals surface area contributed by atoms with Crippen LogP contribution in [0.2, 0.25) is 0 Å². The first-order chi connectivity index (χ1) is 9.19. The number of hydrogen-bond acceptors (Lipinski definition) is 3. The minimum Gasteiger partial charge on any atom is -0.494 e. The van der Waals surface area contributed by atoms with Gasteiger partial charge in [-0.2, -0.15) is 0 Å². The fourth-order valence-corrected chi connectivity index (χ4v) is 1.65. The Labute approximate surface area is 114 Å². The zero-order valence-corrected chi connectivity index (χ0v) is 11.5. The van der Waals surface area contributed by atoms with Crippen LogP contribution in [0.15, 0.2) is 24.3 Å². The fourth-order valence-electron chi connectivity index (χ4n) is 1.65. The van der Waals surface area contributed by atoms with Crippen LogP contribution in [0, 0.1) is 12.3 Å². The number of likely N-dealkylation sites (N-methyl/N-ethyl adjacent to an activating group) is 1. The molecule has 0 aliphatic rings. The monoisotopic (exact) mass is 260 g/mol. The Balaban J connectivity index is 2.58. The summed E-state index contributed by atoms with van der Waals surface area (Å²) < 4.78 is 5.54. The third-order valence-electron chi connectivity index (χ3n) is 2.61. The second kappa shape index (κ2) is 8.17. The van der Waals surface area contributed by atoms with Crippen LogP contribution < -0.4 is 10.1 Å². The van der Waals surface area contributed by atoms with Crippen LogP contribution in [0.1, 0.15) is 12.5 Å². The molecule has 0 aliphatic heterocycles. The van der Waals surface area contributed by atoms with E-state index in [1.807, 2.05) is 31.2 Å². The second-order valence-corrected chi connectivity index (χ2v) is 4.10. The Hall–Kier alpha value is -1.99. The van der Waals surface area contributed by atoms with Crippen molar-refractivity contribution in [3.63, 3.8) is 0 Å². The summed E-state index contributed by atoms with van der Waals surface area (Å²) in [6, 6.07) is 7.73. The van der Waals surface area contributed by atoms with Crippen LogP contribution >= 0.6 is 0 Å². The quantitative estimate of drug-likeness (QED) is 0.593. The number of hydrogen-bond donors (Lipinski definition) is 1. The molecule has 102 valence electrons. The number of terminal acetylenes is 1. The van der Waals surface area contributed by atoms with Gasteiger partial charge in [0, 0.05) is 19.2 Å². The zero-order valence-electron chi connectivity index (χ0n) is 11.5. The molecule has 19 heavy (non-hydrogen) atoms. The number of rotatable bonds is 7. The highest BCUT2D eigenvalue weighted by Gasteiger charge is 2.11. The van der Waals surface area contributed by atoms with Gasteiger partial charge in [-0.15, -0.1) is 6.42 Å². The molecule has 0 fully saturated rings. The summed E-state index contributed by atoms with van der Waals surface area (Å²) in [6.45, 7) is 3.72. The Kier molecular flexibility index (Phi) is 6.48. The van der Waals surface area contributed by atoms with E-state index in [4.69, 9.17) is 11.2 Å². The number of nitrogens with zero attached hydrogens (tertiary/aromatic N) is 1. The minimum absolute atomic E-state index is 0.00144. The molecule has 0 heterocycles. The summed E-state index contributed by atoms with van der Waals surface area (Å²) in [5.74, 6) is 3.26. The summed E-state index contributed by atoms with van der Waals surface area (Å²) in [4.78, 5) is 13.5. The van der Waals surface area contributed by atoms with Crippen molar-refractivity contribution in [1.29, 1.82) is 0 Å². The number of benzene rings is 1. The molecule has 0 unspecified atom stereocenters. The largest absolute Gasteiger partial charge is 0.494 e. The SMILES string of the molecule is C#CCNCC(=O)N(C)Cc1ccccc1OCC. The Morgan fingerprint density at radius 2 is 2.21 bits per heavy atom. The molecule has 0 saturated heterocycles. The number of amides is 1. The van der Waals surface area contributed by atoms with E-state index in [0.717, 1.165) is 11.3 Å². The van der Waals surface area contributed by atoms with Crippen molar-refractivity contribution in [2.75, 3.05) is 26.7 Å².